The lowest BCUT2D eigenvalue weighted by atomic mass is 10.0. The van der Waals surface area contributed by atoms with Crippen molar-refractivity contribution in [3.05, 3.63) is 35.9 Å². The van der Waals surface area contributed by atoms with Gasteiger partial charge in [-0.25, -0.2) is 0 Å². The minimum atomic E-state index is 0.727. The maximum Gasteiger partial charge on any atom is 0.130 e. The van der Waals surface area contributed by atoms with Crippen LogP contribution < -0.4 is 9.47 Å². The predicted molar refractivity (Wildman–Crippen MR) is 93.0 cm³/mol. The smallest absolute Gasteiger partial charge is 0.130 e. The number of rotatable bonds is 8. The maximum absolute atomic E-state index is 6.01. The Balaban J connectivity index is 2.33. The summed E-state index contributed by atoms with van der Waals surface area (Å²) in [7, 11) is 0. The highest BCUT2D eigenvalue weighted by Crippen LogP contribution is 2.36. The zero-order valence-corrected chi connectivity index (χ0v) is 14.4. The quantitative estimate of drug-likeness (QED) is 0.462. The fourth-order valence-electron chi connectivity index (χ4n) is 2.31. The van der Waals surface area contributed by atoms with E-state index in [9.17, 15) is 0 Å². The van der Waals surface area contributed by atoms with Crippen LogP contribution in [-0.4, -0.2) is 18.5 Å². The molecule has 0 unspecified atom stereocenters. The van der Waals surface area contributed by atoms with Crippen molar-refractivity contribution >= 4 is 26.7 Å². The van der Waals surface area contributed by atoms with Crippen LogP contribution in [0.4, 0.5) is 0 Å². The summed E-state index contributed by atoms with van der Waals surface area (Å²) >= 11 is 3.43. The number of benzene rings is 2. The lowest BCUT2D eigenvalue weighted by molar-refractivity contribution is 0.307. The molecular weight excluding hydrogens is 328 g/mol. The van der Waals surface area contributed by atoms with Gasteiger partial charge in [-0.15, -0.1) is 0 Å². The van der Waals surface area contributed by atoms with Crippen LogP contribution in [0.1, 0.15) is 31.7 Å². The van der Waals surface area contributed by atoms with Crippen LogP contribution in [0.25, 0.3) is 10.8 Å². The van der Waals surface area contributed by atoms with Crippen LogP contribution in [-0.2, 0) is 0 Å². The normalized spacial score (nSPS) is 10.8. The molecule has 0 radical (unpaired) electrons. The molecule has 2 aromatic rings. The van der Waals surface area contributed by atoms with Crippen LogP contribution in [0, 0.1) is 6.92 Å². The minimum absolute atomic E-state index is 0.727. The van der Waals surface area contributed by atoms with Crippen LogP contribution in [0.3, 0.4) is 0 Å². The average Bonchev–Trinajstić information content (AvgIpc) is 2.50. The van der Waals surface area contributed by atoms with Gasteiger partial charge in [0.25, 0.3) is 0 Å². The van der Waals surface area contributed by atoms with Gasteiger partial charge in [0, 0.05) is 16.1 Å². The fourth-order valence-corrected chi connectivity index (χ4v) is 2.54. The van der Waals surface area contributed by atoms with Gasteiger partial charge in [-0.05, 0) is 31.4 Å². The van der Waals surface area contributed by atoms with Gasteiger partial charge in [0.15, 0.2) is 0 Å². The van der Waals surface area contributed by atoms with E-state index in [0.717, 1.165) is 65.6 Å². The number of fused-ring (bicyclic) bond motifs is 1. The van der Waals surface area contributed by atoms with Crippen molar-refractivity contribution < 1.29 is 9.47 Å². The number of halogens is 1. The summed E-state index contributed by atoms with van der Waals surface area (Å²) in [5.74, 6) is 1.94. The van der Waals surface area contributed by atoms with E-state index < -0.39 is 0 Å². The van der Waals surface area contributed by atoms with Gasteiger partial charge in [-0.2, -0.15) is 0 Å². The fraction of sp³-hybridized carbons (Fsp3) is 0.444. The van der Waals surface area contributed by atoms with Gasteiger partial charge in [-0.1, -0.05) is 53.5 Å². The number of aryl methyl sites for hydroxylation is 1. The monoisotopic (exact) mass is 350 g/mol. The highest BCUT2D eigenvalue weighted by atomic mass is 79.9. The minimum Gasteiger partial charge on any atom is -0.493 e. The summed E-state index contributed by atoms with van der Waals surface area (Å²) in [6.45, 7) is 5.76. The highest BCUT2D eigenvalue weighted by Gasteiger charge is 2.11. The molecule has 0 N–H and O–H groups in total. The van der Waals surface area contributed by atoms with E-state index in [1.165, 1.54) is 0 Å². The lowest BCUT2D eigenvalue weighted by Crippen LogP contribution is -2.02. The number of hydrogen-bond donors (Lipinski definition) is 0. The van der Waals surface area contributed by atoms with Gasteiger partial charge >= 0.3 is 0 Å². The van der Waals surface area contributed by atoms with Crippen LogP contribution in [0.5, 0.6) is 11.5 Å². The Bertz CT molecular complexity index is 581. The van der Waals surface area contributed by atoms with Gasteiger partial charge in [0.05, 0.1) is 13.2 Å². The molecule has 0 spiro atoms. The molecule has 2 rings (SSSR count). The standard InChI is InChI=1S/C18H23BrO2/c1-3-4-11-21-18-14(2)13-17(20-12-7-10-19)15-8-5-6-9-16(15)18/h5-6,8-9,13H,3-4,7,10-12H2,1-2H3. The number of unbranched alkanes of at least 4 members (excludes halogenated alkanes) is 1. The molecule has 0 saturated carbocycles. The number of alkyl halides is 1. The van der Waals surface area contributed by atoms with Gasteiger partial charge < -0.3 is 9.47 Å². The van der Waals surface area contributed by atoms with Crippen LogP contribution in [0.2, 0.25) is 0 Å². The van der Waals surface area contributed by atoms with E-state index in [-0.39, 0.29) is 0 Å². The van der Waals surface area contributed by atoms with E-state index in [0.29, 0.717) is 0 Å². The first-order valence-electron chi connectivity index (χ1n) is 7.61. The third-order valence-corrected chi connectivity index (χ3v) is 3.98. The molecular formula is C18H23BrO2. The molecule has 2 aromatic carbocycles. The first-order chi connectivity index (χ1) is 10.3. The van der Waals surface area contributed by atoms with E-state index in [1.54, 1.807) is 0 Å². The number of hydrogen-bond acceptors (Lipinski definition) is 2. The molecule has 21 heavy (non-hydrogen) atoms. The molecule has 114 valence electrons. The molecule has 0 bridgehead atoms. The van der Waals surface area contributed by atoms with Crippen molar-refractivity contribution in [1.82, 2.24) is 0 Å². The Hall–Kier alpha value is -1.22. The largest absolute Gasteiger partial charge is 0.493 e. The Morgan fingerprint density at radius 3 is 2.43 bits per heavy atom. The summed E-state index contributed by atoms with van der Waals surface area (Å²) < 4.78 is 11.9. The first kappa shape index (κ1) is 16.2. The first-order valence-corrected chi connectivity index (χ1v) is 8.74. The molecule has 0 aromatic heterocycles. The summed E-state index contributed by atoms with van der Waals surface area (Å²) in [6, 6.07) is 10.4. The average molecular weight is 351 g/mol. The highest BCUT2D eigenvalue weighted by molar-refractivity contribution is 9.09. The van der Waals surface area contributed by atoms with Crippen molar-refractivity contribution in [2.75, 3.05) is 18.5 Å². The second-order valence-corrected chi connectivity index (χ2v) is 5.95. The zero-order valence-electron chi connectivity index (χ0n) is 12.8. The molecule has 0 amide bonds. The van der Waals surface area contributed by atoms with E-state index in [1.807, 2.05) is 6.07 Å². The Morgan fingerprint density at radius 1 is 1.00 bits per heavy atom. The van der Waals surface area contributed by atoms with E-state index >= 15 is 0 Å². The molecule has 0 fully saturated rings. The number of ether oxygens (including phenoxy) is 2. The second kappa shape index (κ2) is 8.28. The van der Waals surface area contributed by atoms with Gasteiger partial charge in [0.1, 0.15) is 11.5 Å². The molecule has 0 heterocycles. The molecule has 2 nitrogen and oxygen atoms in total. The zero-order chi connectivity index (χ0) is 15.1. The van der Waals surface area contributed by atoms with E-state index in [4.69, 9.17) is 9.47 Å². The van der Waals surface area contributed by atoms with Crippen molar-refractivity contribution in [2.45, 2.75) is 33.1 Å². The second-order valence-electron chi connectivity index (χ2n) is 5.16. The van der Waals surface area contributed by atoms with Crippen LogP contribution >= 0.6 is 15.9 Å². The SMILES string of the molecule is CCCCOc1c(C)cc(OCCCBr)c2ccccc12. The molecule has 3 heteroatoms. The molecule has 0 atom stereocenters. The summed E-state index contributed by atoms with van der Waals surface area (Å²) in [6.07, 6.45) is 3.23. The van der Waals surface area contributed by atoms with Crippen molar-refractivity contribution in [3.8, 4) is 11.5 Å². The van der Waals surface area contributed by atoms with Crippen LogP contribution in [0.15, 0.2) is 30.3 Å². The topological polar surface area (TPSA) is 18.5 Å². The summed E-state index contributed by atoms with van der Waals surface area (Å²) in [5.41, 5.74) is 1.14. The summed E-state index contributed by atoms with van der Waals surface area (Å²) in [5, 5.41) is 3.23. The lowest BCUT2D eigenvalue weighted by Gasteiger charge is -2.16. The molecule has 0 aliphatic rings. The third-order valence-electron chi connectivity index (χ3n) is 3.42. The van der Waals surface area contributed by atoms with Crippen molar-refractivity contribution in [1.29, 1.82) is 0 Å². The maximum atomic E-state index is 6.01. The summed E-state index contributed by atoms with van der Waals surface area (Å²) in [4.78, 5) is 0. The Labute approximate surface area is 135 Å². The molecule has 0 saturated heterocycles. The van der Waals surface area contributed by atoms with Crippen molar-refractivity contribution in [3.63, 3.8) is 0 Å². The third kappa shape index (κ3) is 4.13. The van der Waals surface area contributed by atoms with Gasteiger partial charge in [0.2, 0.25) is 0 Å². The molecule has 0 aliphatic carbocycles. The Morgan fingerprint density at radius 2 is 1.71 bits per heavy atom. The Kier molecular flexibility index (Phi) is 6.37. The molecule has 0 aliphatic heterocycles. The van der Waals surface area contributed by atoms with E-state index in [2.05, 4.69) is 54.0 Å². The van der Waals surface area contributed by atoms with Gasteiger partial charge in [-0.3, -0.25) is 0 Å². The van der Waals surface area contributed by atoms with Crippen molar-refractivity contribution in [2.24, 2.45) is 0 Å². The predicted octanol–water partition coefficient (Wildman–Crippen LogP) is 5.49.